The number of carbonyl (C=O) groups excluding carboxylic acids is 2. The number of imidazole rings is 1. The molecule has 0 aliphatic carbocycles. The van der Waals surface area contributed by atoms with Gasteiger partial charge in [-0.1, -0.05) is 20.8 Å². The van der Waals surface area contributed by atoms with Crippen LogP contribution in [0.15, 0.2) is 30.9 Å². The lowest BCUT2D eigenvalue weighted by molar-refractivity contribution is -0.116. The first kappa shape index (κ1) is 19.1. The molecule has 3 heterocycles. The summed E-state index contributed by atoms with van der Waals surface area (Å²) < 4.78 is 1.72. The van der Waals surface area contributed by atoms with Gasteiger partial charge in [0, 0.05) is 25.7 Å². The van der Waals surface area contributed by atoms with Crippen LogP contribution in [-0.2, 0) is 4.79 Å². The summed E-state index contributed by atoms with van der Waals surface area (Å²) in [6.45, 7) is 7.88. The van der Waals surface area contributed by atoms with Crippen LogP contribution in [-0.4, -0.2) is 44.3 Å². The van der Waals surface area contributed by atoms with Crippen LogP contribution < -0.4 is 5.32 Å². The highest BCUT2D eigenvalue weighted by Crippen LogP contribution is 2.22. The van der Waals surface area contributed by atoms with Gasteiger partial charge in [0.15, 0.2) is 0 Å². The Bertz CT molecular complexity index is 789. The maximum absolute atomic E-state index is 12.8. The van der Waals surface area contributed by atoms with Gasteiger partial charge in [0.1, 0.15) is 17.8 Å². The molecule has 2 amide bonds. The maximum Gasteiger partial charge on any atom is 0.274 e. The number of aromatic nitrogens is 3. The molecule has 7 nitrogen and oxygen atoms in total. The number of amides is 2. The summed E-state index contributed by atoms with van der Waals surface area (Å²) in [5.41, 5.74) is 1.09. The smallest absolute Gasteiger partial charge is 0.274 e. The molecule has 2 aromatic rings. The van der Waals surface area contributed by atoms with Crippen molar-refractivity contribution in [3.63, 3.8) is 0 Å². The van der Waals surface area contributed by atoms with Gasteiger partial charge in [-0.15, -0.1) is 0 Å². The number of rotatable bonds is 5. The fourth-order valence-corrected chi connectivity index (χ4v) is 3.61. The Morgan fingerprint density at radius 2 is 1.93 bits per heavy atom. The molecule has 144 valence electrons. The van der Waals surface area contributed by atoms with Crippen LogP contribution in [0.3, 0.4) is 0 Å². The van der Waals surface area contributed by atoms with E-state index in [1.807, 2.05) is 11.8 Å². The van der Waals surface area contributed by atoms with E-state index in [0.717, 1.165) is 25.9 Å². The first-order chi connectivity index (χ1) is 13.0. The fraction of sp³-hybridized carbons (Fsp3) is 0.500. The zero-order valence-corrected chi connectivity index (χ0v) is 16.2. The number of nitrogens with one attached hydrogen (secondary N) is 1. The molecule has 1 N–H and O–H groups in total. The normalized spacial score (nSPS) is 19.7. The SMILES string of the molecule is CCCC(=O)Nc1ccc(-n2cnc(C(=O)N3C[C@H](C)C[C@@H](C)C3)c2)nc1. The highest BCUT2D eigenvalue weighted by Gasteiger charge is 2.27. The molecule has 1 saturated heterocycles. The summed E-state index contributed by atoms with van der Waals surface area (Å²) in [5.74, 6) is 1.62. The molecule has 0 spiro atoms. The molecule has 0 radical (unpaired) electrons. The van der Waals surface area contributed by atoms with Gasteiger partial charge in [0.2, 0.25) is 5.91 Å². The fourth-order valence-electron chi connectivity index (χ4n) is 3.61. The van der Waals surface area contributed by atoms with E-state index in [0.29, 0.717) is 35.5 Å². The molecule has 1 fully saturated rings. The lowest BCUT2D eigenvalue weighted by Gasteiger charge is -2.34. The predicted molar refractivity (Wildman–Crippen MR) is 104 cm³/mol. The average molecular weight is 369 g/mol. The van der Waals surface area contributed by atoms with E-state index in [-0.39, 0.29) is 11.8 Å². The summed E-state index contributed by atoms with van der Waals surface area (Å²) in [6.07, 6.45) is 7.37. The molecular weight excluding hydrogens is 342 g/mol. The molecule has 27 heavy (non-hydrogen) atoms. The van der Waals surface area contributed by atoms with Gasteiger partial charge >= 0.3 is 0 Å². The van der Waals surface area contributed by atoms with E-state index in [9.17, 15) is 9.59 Å². The number of hydrogen-bond acceptors (Lipinski definition) is 4. The third-order valence-corrected chi connectivity index (χ3v) is 4.73. The van der Waals surface area contributed by atoms with Crippen LogP contribution >= 0.6 is 0 Å². The van der Waals surface area contributed by atoms with Crippen molar-refractivity contribution in [1.29, 1.82) is 0 Å². The molecule has 2 atom stereocenters. The minimum atomic E-state index is -0.0319. The molecule has 7 heteroatoms. The van der Waals surface area contributed by atoms with Crippen molar-refractivity contribution in [2.45, 2.75) is 40.0 Å². The summed E-state index contributed by atoms with van der Waals surface area (Å²) in [7, 11) is 0. The van der Waals surface area contributed by atoms with Gasteiger partial charge in [-0.05, 0) is 36.8 Å². The van der Waals surface area contributed by atoms with Gasteiger partial charge in [0.05, 0.1) is 11.9 Å². The van der Waals surface area contributed by atoms with Crippen molar-refractivity contribution in [1.82, 2.24) is 19.4 Å². The number of anilines is 1. The van der Waals surface area contributed by atoms with Crippen LogP contribution in [0.1, 0.15) is 50.5 Å². The molecular formula is C20H27N5O2. The monoisotopic (exact) mass is 369 g/mol. The molecule has 3 rings (SSSR count). The number of nitrogens with zero attached hydrogens (tertiary/aromatic N) is 4. The van der Waals surface area contributed by atoms with E-state index in [2.05, 4.69) is 29.1 Å². The van der Waals surface area contributed by atoms with E-state index < -0.39 is 0 Å². The predicted octanol–water partition coefficient (Wildman–Crippen LogP) is 3.12. The minimum absolute atomic E-state index is 0.0208. The van der Waals surface area contributed by atoms with Gasteiger partial charge in [-0.25, -0.2) is 9.97 Å². The topological polar surface area (TPSA) is 80.1 Å². The van der Waals surface area contributed by atoms with Gasteiger partial charge < -0.3 is 10.2 Å². The van der Waals surface area contributed by atoms with Crippen LogP contribution in [0, 0.1) is 11.8 Å². The van der Waals surface area contributed by atoms with Crippen LogP contribution in [0.5, 0.6) is 0 Å². The van der Waals surface area contributed by atoms with Crippen molar-refractivity contribution < 1.29 is 9.59 Å². The lowest BCUT2D eigenvalue weighted by atomic mass is 9.92. The molecule has 0 unspecified atom stereocenters. The van der Waals surface area contributed by atoms with E-state index in [1.165, 1.54) is 0 Å². The van der Waals surface area contributed by atoms with Gasteiger partial charge in [-0.3, -0.25) is 14.2 Å². The third-order valence-electron chi connectivity index (χ3n) is 4.73. The number of pyridine rings is 1. The molecule has 0 bridgehead atoms. The second-order valence-corrected chi connectivity index (χ2v) is 7.53. The van der Waals surface area contributed by atoms with Crippen LogP contribution in [0.25, 0.3) is 5.82 Å². The molecule has 0 saturated carbocycles. The highest BCUT2D eigenvalue weighted by molar-refractivity contribution is 5.92. The Kier molecular flexibility index (Phi) is 5.88. The number of piperidine rings is 1. The van der Waals surface area contributed by atoms with Crippen LogP contribution in [0.4, 0.5) is 5.69 Å². The van der Waals surface area contributed by atoms with Crippen molar-refractivity contribution in [2.75, 3.05) is 18.4 Å². The maximum atomic E-state index is 12.8. The van der Waals surface area contributed by atoms with Crippen molar-refractivity contribution >= 4 is 17.5 Å². The molecule has 1 aliphatic heterocycles. The second kappa shape index (κ2) is 8.33. The minimum Gasteiger partial charge on any atom is -0.337 e. The molecule has 2 aromatic heterocycles. The van der Waals surface area contributed by atoms with E-state index >= 15 is 0 Å². The van der Waals surface area contributed by atoms with Gasteiger partial charge in [0.25, 0.3) is 5.91 Å². The van der Waals surface area contributed by atoms with E-state index in [1.54, 1.807) is 35.4 Å². The van der Waals surface area contributed by atoms with Crippen LogP contribution in [0.2, 0.25) is 0 Å². The summed E-state index contributed by atoms with van der Waals surface area (Å²) in [6, 6.07) is 3.59. The number of hydrogen-bond donors (Lipinski definition) is 1. The largest absolute Gasteiger partial charge is 0.337 e. The Labute approximate surface area is 159 Å². The first-order valence-corrected chi connectivity index (χ1v) is 9.55. The summed E-state index contributed by atoms with van der Waals surface area (Å²) in [4.78, 5) is 34.9. The molecule has 1 aliphatic rings. The average Bonchev–Trinajstić information content (AvgIpc) is 3.11. The Morgan fingerprint density at radius 3 is 2.56 bits per heavy atom. The van der Waals surface area contributed by atoms with Crippen molar-refractivity contribution in [2.24, 2.45) is 11.8 Å². The zero-order chi connectivity index (χ0) is 19.4. The second-order valence-electron chi connectivity index (χ2n) is 7.53. The zero-order valence-electron chi connectivity index (χ0n) is 16.2. The standard InChI is InChI=1S/C20H27N5O2/c1-4-5-19(26)23-16-6-7-18(21-9-16)25-12-17(22-13-25)20(27)24-10-14(2)8-15(3)11-24/h6-7,9,12-15H,4-5,8,10-11H2,1-3H3,(H,23,26)/t14-,15-/m1/s1. The summed E-state index contributed by atoms with van der Waals surface area (Å²) in [5, 5.41) is 2.81. The van der Waals surface area contributed by atoms with Gasteiger partial charge in [-0.2, -0.15) is 0 Å². The van der Waals surface area contributed by atoms with E-state index in [4.69, 9.17) is 0 Å². The third kappa shape index (κ3) is 4.72. The van der Waals surface area contributed by atoms with Crippen molar-refractivity contribution in [3.8, 4) is 5.82 Å². The Morgan fingerprint density at radius 1 is 1.19 bits per heavy atom. The Hall–Kier alpha value is -2.70. The summed E-state index contributed by atoms with van der Waals surface area (Å²) >= 11 is 0. The molecule has 0 aromatic carbocycles. The number of carbonyl (C=O) groups is 2. The first-order valence-electron chi connectivity index (χ1n) is 9.55. The van der Waals surface area contributed by atoms with Crippen molar-refractivity contribution in [3.05, 3.63) is 36.5 Å². The quantitative estimate of drug-likeness (QED) is 0.878. The Balaban J connectivity index is 1.68. The lowest BCUT2D eigenvalue weighted by Crippen LogP contribution is -2.42. The number of likely N-dealkylation sites (tertiary alicyclic amines) is 1. The highest BCUT2D eigenvalue weighted by atomic mass is 16.2.